The van der Waals surface area contributed by atoms with Gasteiger partial charge in [0.1, 0.15) is 6.61 Å². The molecule has 0 aromatic heterocycles. The topological polar surface area (TPSA) is 55.8 Å². The molecule has 16 heavy (non-hydrogen) atoms. The standard InChI is InChI=1S/C10H15NO4S/c1-6(2)8(15-7(3)12)9(13)11-4-5-14-10(11)16/h6,8H,4-5H2,1-3H3/t8-/m1/s1. The lowest BCUT2D eigenvalue weighted by Crippen LogP contribution is -2.44. The maximum absolute atomic E-state index is 12.0. The van der Waals surface area contributed by atoms with Crippen LogP contribution in [0.2, 0.25) is 0 Å². The predicted octanol–water partition coefficient (Wildman–Crippen LogP) is 0.718. The van der Waals surface area contributed by atoms with Crippen molar-refractivity contribution in [3.63, 3.8) is 0 Å². The van der Waals surface area contributed by atoms with Crippen molar-refractivity contribution in [1.29, 1.82) is 0 Å². The van der Waals surface area contributed by atoms with E-state index in [-0.39, 0.29) is 17.0 Å². The number of hydrogen-bond acceptors (Lipinski definition) is 5. The molecule has 1 fully saturated rings. The van der Waals surface area contributed by atoms with Gasteiger partial charge in [-0.25, -0.2) is 0 Å². The van der Waals surface area contributed by atoms with Crippen molar-refractivity contribution in [1.82, 2.24) is 4.90 Å². The van der Waals surface area contributed by atoms with Crippen molar-refractivity contribution in [2.75, 3.05) is 13.2 Å². The minimum Gasteiger partial charge on any atom is -0.469 e. The Morgan fingerprint density at radius 2 is 2.12 bits per heavy atom. The lowest BCUT2D eigenvalue weighted by atomic mass is 10.1. The molecule has 1 aliphatic rings. The highest BCUT2D eigenvalue weighted by Gasteiger charge is 2.34. The maximum Gasteiger partial charge on any atom is 0.303 e. The van der Waals surface area contributed by atoms with Crippen molar-refractivity contribution in [3.05, 3.63) is 0 Å². The van der Waals surface area contributed by atoms with Gasteiger partial charge < -0.3 is 9.47 Å². The van der Waals surface area contributed by atoms with Gasteiger partial charge in [-0.2, -0.15) is 0 Å². The lowest BCUT2D eigenvalue weighted by molar-refractivity contribution is -0.159. The molecule has 0 saturated carbocycles. The molecule has 0 aromatic rings. The molecule has 1 rings (SSSR count). The summed E-state index contributed by atoms with van der Waals surface area (Å²) in [6, 6.07) is 0. The van der Waals surface area contributed by atoms with E-state index < -0.39 is 12.1 Å². The quantitative estimate of drug-likeness (QED) is 0.541. The third-order valence-electron chi connectivity index (χ3n) is 2.17. The Hall–Kier alpha value is -1.17. The second kappa shape index (κ2) is 5.25. The molecule has 90 valence electrons. The zero-order chi connectivity index (χ0) is 12.3. The summed E-state index contributed by atoms with van der Waals surface area (Å²) >= 11 is 4.88. The predicted molar refractivity (Wildman–Crippen MR) is 60.7 cm³/mol. The Labute approximate surface area is 99.7 Å². The number of carbonyl (C=O) groups excluding carboxylic acids is 2. The van der Waals surface area contributed by atoms with Gasteiger partial charge in [0.25, 0.3) is 11.1 Å². The molecular formula is C10H15NO4S. The number of nitrogens with zero attached hydrogens (tertiary/aromatic N) is 1. The first kappa shape index (κ1) is 12.9. The van der Waals surface area contributed by atoms with Crippen LogP contribution in [0.3, 0.4) is 0 Å². The van der Waals surface area contributed by atoms with E-state index in [4.69, 9.17) is 21.7 Å². The number of carbonyl (C=O) groups is 2. The minimum absolute atomic E-state index is 0.0974. The number of esters is 1. The Bertz CT molecular complexity index is 316. The third-order valence-corrected chi connectivity index (χ3v) is 2.51. The highest BCUT2D eigenvalue weighted by Crippen LogP contribution is 2.14. The van der Waals surface area contributed by atoms with Crippen molar-refractivity contribution < 1.29 is 19.1 Å². The lowest BCUT2D eigenvalue weighted by Gasteiger charge is -2.23. The summed E-state index contributed by atoms with van der Waals surface area (Å²) in [4.78, 5) is 24.3. The van der Waals surface area contributed by atoms with Crippen LogP contribution >= 0.6 is 12.2 Å². The van der Waals surface area contributed by atoms with Crippen LogP contribution < -0.4 is 0 Å². The van der Waals surface area contributed by atoms with Gasteiger partial charge in [-0.05, 0) is 18.1 Å². The van der Waals surface area contributed by atoms with E-state index in [9.17, 15) is 9.59 Å². The molecule has 1 heterocycles. The van der Waals surface area contributed by atoms with E-state index in [0.29, 0.717) is 13.2 Å². The molecule has 0 radical (unpaired) electrons. The van der Waals surface area contributed by atoms with Crippen LogP contribution in [-0.2, 0) is 19.1 Å². The average molecular weight is 245 g/mol. The number of ether oxygens (including phenoxy) is 2. The third kappa shape index (κ3) is 2.91. The van der Waals surface area contributed by atoms with Gasteiger partial charge in [0.2, 0.25) is 0 Å². The van der Waals surface area contributed by atoms with Gasteiger partial charge in [-0.1, -0.05) is 13.8 Å². The summed E-state index contributed by atoms with van der Waals surface area (Å²) in [5.74, 6) is -0.884. The fraction of sp³-hybridized carbons (Fsp3) is 0.700. The number of thiocarbonyl (C=S) groups is 1. The first-order valence-electron chi connectivity index (χ1n) is 5.09. The average Bonchev–Trinajstić information content (AvgIpc) is 2.59. The molecule has 1 aliphatic heterocycles. The van der Waals surface area contributed by atoms with Crippen LogP contribution in [0, 0.1) is 5.92 Å². The first-order chi connectivity index (χ1) is 7.43. The van der Waals surface area contributed by atoms with Crippen LogP contribution in [0.15, 0.2) is 0 Å². The largest absolute Gasteiger partial charge is 0.469 e. The molecule has 1 atom stereocenters. The Morgan fingerprint density at radius 3 is 2.50 bits per heavy atom. The summed E-state index contributed by atoms with van der Waals surface area (Å²) in [5.41, 5.74) is 0. The smallest absolute Gasteiger partial charge is 0.303 e. The Morgan fingerprint density at radius 1 is 1.50 bits per heavy atom. The zero-order valence-electron chi connectivity index (χ0n) is 9.56. The SMILES string of the molecule is CC(=O)O[C@@H](C(=O)N1CCOC1=S)C(C)C. The molecule has 5 nitrogen and oxygen atoms in total. The van der Waals surface area contributed by atoms with E-state index in [1.807, 2.05) is 13.8 Å². The Kier molecular flexibility index (Phi) is 4.23. The number of amides is 1. The molecule has 0 spiro atoms. The van der Waals surface area contributed by atoms with Crippen molar-refractivity contribution in [3.8, 4) is 0 Å². The van der Waals surface area contributed by atoms with Gasteiger partial charge in [0.05, 0.1) is 6.54 Å². The van der Waals surface area contributed by atoms with Gasteiger partial charge in [0.15, 0.2) is 6.10 Å². The number of hydrogen-bond donors (Lipinski definition) is 0. The van der Waals surface area contributed by atoms with Gasteiger partial charge in [-0.15, -0.1) is 0 Å². The highest BCUT2D eigenvalue weighted by atomic mass is 32.1. The maximum atomic E-state index is 12.0. The molecule has 0 N–H and O–H groups in total. The Balaban J connectivity index is 2.74. The molecule has 1 saturated heterocycles. The van der Waals surface area contributed by atoms with E-state index in [1.54, 1.807) is 0 Å². The van der Waals surface area contributed by atoms with E-state index in [2.05, 4.69) is 0 Å². The molecular weight excluding hydrogens is 230 g/mol. The fourth-order valence-corrected chi connectivity index (χ4v) is 1.66. The summed E-state index contributed by atoms with van der Waals surface area (Å²) in [5, 5.41) is 0.155. The van der Waals surface area contributed by atoms with Crippen molar-refractivity contribution >= 4 is 29.3 Å². The fourth-order valence-electron chi connectivity index (χ4n) is 1.40. The summed E-state index contributed by atoms with van der Waals surface area (Å²) in [6.07, 6.45) is -0.794. The van der Waals surface area contributed by atoms with Crippen LogP contribution in [0.1, 0.15) is 20.8 Å². The molecule has 6 heteroatoms. The van der Waals surface area contributed by atoms with Crippen molar-refractivity contribution in [2.24, 2.45) is 5.92 Å². The van der Waals surface area contributed by atoms with Crippen molar-refractivity contribution in [2.45, 2.75) is 26.9 Å². The van der Waals surface area contributed by atoms with E-state index in [1.165, 1.54) is 11.8 Å². The van der Waals surface area contributed by atoms with Gasteiger partial charge in [-0.3, -0.25) is 14.5 Å². The normalized spacial score (nSPS) is 17.2. The van der Waals surface area contributed by atoms with E-state index in [0.717, 1.165) is 0 Å². The monoisotopic (exact) mass is 245 g/mol. The summed E-state index contributed by atoms with van der Waals surface area (Å²) < 4.78 is 10.0. The van der Waals surface area contributed by atoms with Crippen LogP contribution in [0.5, 0.6) is 0 Å². The second-order valence-corrected chi connectivity index (χ2v) is 4.23. The first-order valence-corrected chi connectivity index (χ1v) is 5.49. The van der Waals surface area contributed by atoms with Crippen LogP contribution in [0.25, 0.3) is 0 Å². The van der Waals surface area contributed by atoms with E-state index >= 15 is 0 Å². The van der Waals surface area contributed by atoms with Crippen LogP contribution in [0.4, 0.5) is 0 Å². The highest BCUT2D eigenvalue weighted by molar-refractivity contribution is 7.80. The van der Waals surface area contributed by atoms with Gasteiger partial charge in [0, 0.05) is 6.92 Å². The van der Waals surface area contributed by atoms with Crippen LogP contribution in [-0.4, -0.2) is 41.2 Å². The summed E-state index contributed by atoms with van der Waals surface area (Å²) in [7, 11) is 0. The second-order valence-electron chi connectivity index (χ2n) is 3.88. The molecule has 0 aliphatic carbocycles. The zero-order valence-corrected chi connectivity index (χ0v) is 10.4. The minimum atomic E-state index is -0.794. The molecule has 1 amide bonds. The molecule has 0 unspecified atom stereocenters. The van der Waals surface area contributed by atoms with Gasteiger partial charge >= 0.3 is 5.97 Å². The molecule has 0 aromatic carbocycles. The molecule has 0 bridgehead atoms. The number of rotatable bonds is 3. The summed E-state index contributed by atoms with van der Waals surface area (Å²) in [6.45, 7) is 5.72.